The number of hydrogen-bond donors (Lipinski definition) is 0. The summed E-state index contributed by atoms with van der Waals surface area (Å²) in [6.45, 7) is 14.3. The topological polar surface area (TPSA) is 0 Å². The van der Waals surface area contributed by atoms with Gasteiger partial charge in [-0.25, -0.2) is 0 Å². The fourth-order valence-electron chi connectivity index (χ4n) is 16.8. The molecule has 442 valence electrons. The van der Waals surface area contributed by atoms with E-state index in [-0.39, 0.29) is 10.8 Å². The van der Waals surface area contributed by atoms with Gasteiger partial charge in [0.05, 0.1) is 0 Å². The second-order valence-electron chi connectivity index (χ2n) is 27.4. The van der Waals surface area contributed by atoms with Gasteiger partial charge in [-0.05, 0) is 237 Å². The third-order valence-electron chi connectivity index (χ3n) is 21.4. The van der Waals surface area contributed by atoms with Crippen LogP contribution >= 0.6 is 0 Å². The van der Waals surface area contributed by atoms with Crippen LogP contribution in [-0.4, -0.2) is 0 Å². The van der Waals surface area contributed by atoms with Gasteiger partial charge in [-0.15, -0.1) is 0 Å². The van der Waals surface area contributed by atoms with Crippen LogP contribution in [0.3, 0.4) is 0 Å². The van der Waals surface area contributed by atoms with Crippen molar-refractivity contribution in [1.82, 2.24) is 0 Å². The third-order valence-corrected chi connectivity index (χ3v) is 21.4. The highest BCUT2D eigenvalue weighted by Gasteiger charge is 2.39. The summed E-state index contributed by atoms with van der Waals surface area (Å²) in [4.78, 5) is 0. The molecule has 0 bridgehead atoms. The zero-order valence-corrected chi connectivity index (χ0v) is 53.6. The molecule has 92 heavy (non-hydrogen) atoms. The normalized spacial score (nSPS) is 13.5. The second kappa shape index (κ2) is 21.8. The molecule has 2 aliphatic rings. The smallest absolute Gasteiger partial charge is 0.0159 e. The SMILES string of the molecule is CCCCc1ccc(-c2c3ccccc3c(-c3ccc4c(c3)C(C)(C)c3cc(-c5ccc6c(c5)C(C)(C)c5cc(-c7c8ccccc8c(-c8c9ccccc9c(-c9ccc(CCCC)cc9)c9ccccc89)c8ccccc78)ccc5-6)ccc3-4)c3ccccc23)cc1. The van der Waals surface area contributed by atoms with Crippen LogP contribution in [0.4, 0.5) is 0 Å². The molecule has 0 aliphatic heterocycles. The van der Waals surface area contributed by atoms with Gasteiger partial charge in [-0.2, -0.15) is 0 Å². The Balaban J connectivity index is 0.729. The molecule has 0 spiro atoms. The quantitative estimate of drug-likeness (QED) is 0.107. The lowest BCUT2D eigenvalue weighted by atomic mass is 9.78. The van der Waals surface area contributed by atoms with Crippen molar-refractivity contribution in [1.29, 1.82) is 0 Å². The molecular weight excluding hydrogens is 1110 g/mol. The lowest BCUT2D eigenvalue weighted by Gasteiger charge is -2.24. The van der Waals surface area contributed by atoms with Crippen molar-refractivity contribution >= 4 is 64.6 Å². The fraction of sp³-hybridized carbons (Fsp3) is 0.152. The Morgan fingerprint density at radius 2 is 0.424 bits per heavy atom. The van der Waals surface area contributed by atoms with Gasteiger partial charge in [-0.3, -0.25) is 0 Å². The summed E-state index contributed by atoms with van der Waals surface area (Å²) in [6, 6.07) is 103. The molecule has 0 heterocycles. The van der Waals surface area contributed by atoms with Crippen LogP contribution in [0, 0.1) is 0 Å². The first-order chi connectivity index (χ1) is 45.1. The van der Waals surface area contributed by atoms with Crippen molar-refractivity contribution < 1.29 is 0 Å². The molecule has 0 radical (unpaired) electrons. The van der Waals surface area contributed by atoms with Gasteiger partial charge in [0.15, 0.2) is 0 Å². The minimum Gasteiger partial charge on any atom is -0.0654 e. The Morgan fingerprint density at radius 1 is 0.217 bits per heavy atom. The van der Waals surface area contributed by atoms with Gasteiger partial charge < -0.3 is 0 Å². The maximum Gasteiger partial charge on any atom is 0.0159 e. The summed E-state index contributed by atoms with van der Waals surface area (Å²) in [6.07, 6.45) is 7.06. The monoisotopic (exact) mass is 1180 g/mol. The van der Waals surface area contributed by atoms with Crippen LogP contribution in [0.2, 0.25) is 0 Å². The van der Waals surface area contributed by atoms with Crippen LogP contribution in [-0.2, 0) is 23.7 Å². The molecule has 0 unspecified atom stereocenters. The maximum absolute atomic E-state index is 2.53. The molecule has 15 aromatic carbocycles. The number of hydrogen-bond acceptors (Lipinski definition) is 0. The number of aryl methyl sites for hydroxylation is 2. The minimum absolute atomic E-state index is 0.218. The van der Waals surface area contributed by atoms with Crippen molar-refractivity contribution in [2.24, 2.45) is 0 Å². The van der Waals surface area contributed by atoms with Gasteiger partial charge in [0.25, 0.3) is 0 Å². The lowest BCUT2D eigenvalue weighted by molar-refractivity contribution is 0.660. The first kappa shape index (κ1) is 55.9. The number of rotatable bonds is 12. The second-order valence-corrected chi connectivity index (χ2v) is 27.4. The van der Waals surface area contributed by atoms with Crippen LogP contribution in [0.1, 0.15) is 101 Å². The van der Waals surface area contributed by atoms with E-state index in [1.54, 1.807) is 0 Å². The summed E-state index contributed by atoms with van der Waals surface area (Å²) in [5.41, 5.74) is 28.6. The molecule has 0 N–H and O–H groups in total. The Kier molecular flexibility index (Phi) is 13.2. The van der Waals surface area contributed by atoms with Crippen LogP contribution < -0.4 is 0 Å². The van der Waals surface area contributed by atoms with E-state index in [0.29, 0.717) is 0 Å². The molecule has 0 amide bonds. The van der Waals surface area contributed by atoms with Crippen molar-refractivity contribution in [3.63, 3.8) is 0 Å². The number of fused-ring (bicyclic) bond motifs is 12. The van der Waals surface area contributed by atoms with E-state index in [4.69, 9.17) is 0 Å². The summed E-state index contributed by atoms with van der Waals surface area (Å²) in [5.74, 6) is 0. The first-order valence-corrected chi connectivity index (χ1v) is 33.7. The molecular formula is C92H74. The highest BCUT2D eigenvalue weighted by atomic mass is 14.4. The molecule has 0 saturated carbocycles. The third kappa shape index (κ3) is 8.63. The maximum atomic E-state index is 2.53. The first-order valence-electron chi connectivity index (χ1n) is 33.7. The van der Waals surface area contributed by atoms with Gasteiger partial charge in [0, 0.05) is 10.8 Å². The summed E-state index contributed by atoms with van der Waals surface area (Å²) in [5, 5.41) is 15.4. The molecule has 17 rings (SSSR count). The fourth-order valence-corrected chi connectivity index (χ4v) is 16.8. The number of unbranched alkanes of at least 4 members (excludes halogenated alkanes) is 2. The predicted molar refractivity (Wildman–Crippen MR) is 396 cm³/mol. The molecule has 0 nitrogen and oxygen atoms in total. The largest absolute Gasteiger partial charge is 0.0654 e. The highest BCUT2D eigenvalue weighted by Crippen LogP contribution is 2.56. The van der Waals surface area contributed by atoms with Crippen LogP contribution in [0.5, 0.6) is 0 Å². The molecule has 0 atom stereocenters. The van der Waals surface area contributed by atoms with E-state index >= 15 is 0 Å². The minimum atomic E-state index is -0.244. The van der Waals surface area contributed by atoms with Gasteiger partial charge in [-0.1, -0.05) is 297 Å². The predicted octanol–water partition coefficient (Wildman–Crippen LogP) is 25.9. The van der Waals surface area contributed by atoms with Gasteiger partial charge in [0.1, 0.15) is 0 Å². The van der Waals surface area contributed by atoms with Crippen molar-refractivity contribution in [2.45, 2.75) is 90.9 Å². The molecule has 0 fully saturated rings. The van der Waals surface area contributed by atoms with E-state index in [9.17, 15) is 0 Å². The van der Waals surface area contributed by atoms with E-state index in [1.807, 2.05) is 0 Å². The molecule has 2 aliphatic carbocycles. The zero-order valence-electron chi connectivity index (χ0n) is 53.6. The Bertz CT molecular complexity index is 5340. The Labute approximate surface area is 541 Å². The Morgan fingerprint density at radius 3 is 0.674 bits per heavy atom. The highest BCUT2D eigenvalue weighted by molar-refractivity contribution is 6.30. The van der Waals surface area contributed by atoms with Gasteiger partial charge in [0.2, 0.25) is 0 Å². The van der Waals surface area contributed by atoms with E-state index in [2.05, 4.69) is 308 Å². The Hall–Kier alpha value is -10.1. The van der Waals surface area contributed by atoms with Gasteiger partial charge >= 0.3 is 0 Å². The average Bonchev–Trinajstić information content (AvgIpc) is 1.06. The molecule has 0 aromatic heterocycles. The van der Waals surface area contributed by atoms with Crippen molar-refractivity contribution in [3.05, 3.63) is 300 Å². The summed E-state index contributed by atoms with van der Waals surface area (Å²) >= 11 is 0. The summed E-state index contributed by atoms with van der Waals surface area (Å²) in [7, 11) is 0. The lowest BCUT2D eigenvalue weighted by Crippen LogP contribution is -2.15. The van der Waals surface area contributed by atoms with Crippen molar-refractivity contribution in [2.75, 3.05) is 0 Å². The molecule has 15 aromatic rings. The van der Waals surface area contributed by atoms with Crippen molar-refractivity contribution in [3.8, 4) is 89.0 Å². The van der Waals surface area contributed by atoms with Crippen LogP contribution in [0.25, 0.3) is 154 Å². The molecule has 0 heteroatoms. The van der Waals surface area contributed by atoms with E-state index < -0.39 is 0 Å². The average molecular weight is 1180 g/mol. The number of benzene rings is 15. The molecule has 0 saturated heterocycles. The summed E-state index contributed by atoms with van der Waals surface area (Å²) < 4.78 is 0. The zero-order chi connectivity index (χ0) is 62.0. The van der Waals surface area contributed by atoms with E-state index in [1.165, 1.54) is 213 Å². The van der Waals surface area contributed by atoms with E-state index in [0.717, 1.165) is 12.8 Å². The standard InChI is InChI=1S/C92H74/c1-7-9-23-57-37-41-59(42-38-57)85-69-25-11-13-27-71(69)87(72-28-14-12-26-70(72)85)63-47-51-67-65-49-45-61(53-81(65)91(3,4)83(67)55-63)62-46-50-66-68-52-48-64(56-84(68)92(5,6)82(66)54-62)88-75-31-17-21-35-79(75)90(80-36-22-18-32-76(80)88)89-77-33-19-15-29-73(77)86(74-30-16-20-34-78(74)89)60-43-39-58(40-44-60)24-10-8-2/h11-22,25-56H,7-10,23-24H2,1-6H3. The van der Waals surface area contributed by atoms with Crippen LogP contribution in [0.15, 0.2) is 267 Å².